The van der Waals surface area contributed by atoms with E-state index in [-0.39, 0.29) is 0 Å². The molecule has 136 valence electrons. The van der Waals surface area contributed by atoms with Gasteiger partial charge in [-0.25, -0.2) is 0 Å². The Bertz CT molecular complexity index is 853. The molecule has 4 aliphatic carbocycles. The highest BCUT2D eigenvalue weighted by Crippen LogP contribution is 2.65. The largest absolute Gasteiger partial charge is 0.508 e. The van der Waals surface area contributed by atoms with Gasteiger partial charge in [-0.05, 0) is 109 Å². The molecule has 4 aliphatic rings. The van der Waals surface area contributed by atoms with E-state index in [1.54, 1.807) is 0 Å². The van der Waals surface area contributed by atoms with Gasteiger partial charge in [0.05, 0.1) is 0 Å². The van der Waals surface area contributed by atoms with E-state index in [1.165, 1.54) is 43.2 Å². The molecule has 4 bridgehead atoms. The second-order valence-corrected chi connectivity index (χ2v) is 9.32. The van der Waals surface area contributed by atoms with Gasteiger partial charge in [0.25, 0.3) is 0 Å². The van der Waals surface area contributed by atoms with Gasteiger partial charge in [-0.15, -0.1) is 0 Å². The van der Waals surface area contributed by atoms with E-state index in [9.17, 15) is 10.2 Å². The Labute approximate surface area is 155 Å². The maximum absolute atomic E-state index is 9.94. The van der Waals surface area contributed by atoms with E-state index in [1.807, 2.05) is 26.0 Å². The van der Waals surface area contributed by atoms with Gasteiger partial charge in [0.2, 0.25) is 0 Å². The van der Waals surface area contributed by atoms with Crippen LogP contribution in [0, 0.1) is 31.6 Å². The van der Waals surface area contributed by atoms with E-state index in [0.717, 1.165) is 28.9 Å². The molecular formula is C24H28O2. The van der Waals surface area contributed by atoms with Crippen molar-refractivity contribution >= 4 is 0 Å². The number of phenolic OH excluding ortho intramolecular Hbond substituents is 2. The standard InChI is InChI=1S/C24H28O2/c1-14-7-17(3-5-21(14)25)23-18-9-16-10-19(23)13-24(11-16,12-18)20-4-6-22(26)15(2)8-20/h3-8,16,18-19,23,25-26H,9-13H2,1-2H3. The third kappa shape index (κ3) is 2.31. The molecule has 4 saturated carbocycles. The molecule has 0 heterocycles. The number of hydrogen-bond donors (Lipinski definition) is 2. The molecule has 26 heavy (non-hydrogen) atoms. The highest BCUT2D eigenvalue weighted by Gasteiger charge is 2.56. The highest BCUT2D eigenvalue weighted by atomic mass is 16.3. The fourth-order valence-electron chi connectivity index (χ4n) is 6.79. The zero-order valence-electron chi connectivity index (χ0n) is 15.7. The van der Waals surface area contributed by atoms with Crippen molar-refractivity contribution < 1.29 is 10.2 Å². The molecule has 6 rings (SSSR count). The molecule has 0 aromatic heterocycles. The smallest absolute Gasteiger partial charge is 0.118 e. The van der Waals surface area contributed by atoms with Crippen LogP contribution in [0.2, 0.25) is 0 Å². The topological polar surface area (TPSA) is 40.5 Å². The van der Waals surface area contributed by atoms with Crippen LogP contribution < -0.4 is 0 Å². The summed E-state index contributed by atoms with van der Waals surface area (Å²) >= 11 is 0. The zero-order valence-corrected chi connectivity index (χ0v) is 15.7. The maximum Gasteiger partial charge on any atom is 0.118 e. The number of rotatable bonds is 2. The number of aromatic hydroxyl groups is 2. The SMILES string of the molecule is Cc1cc(C2C3CC4CC2CC(c2ccc(O)c(C)c2)(C4)C3)ccc1O. The van der Waals surface area contributed by atoms with E-state index in [2.05, 4.69) is 24.3 Å². The molecule has 0 radical (unpaired) electrons. The molecule has 2 N–H and O–H groups in total. The van der Waals surface area contributed by atoms with Gasteiger partial charge in [-0.2, -0.15) is 0 Å². The van der Waals surface area contributed by atoms with Crippen molar-refractivity contribution in [3.8, 4) is 11.5 Å². The van der Waals surface area contributed by atoms with Gasteiger partial charge in [0.15, 0.2) is 0 Å². The molecule has 2 nitrogen and oxygen atoms in total. The van der Waals surface area contributed by atoms with Crippen molar-refractivity contribution in [1.29, 1.82) is 0 Å². The molecule has 0 spiro atoms. The Morgan fingerprint density at radius 3 is 2.04 bits per heavy atom. The van der Waals surface area contributed by atoms with Gasteiger partial charge in [-0.3, -0.25) is 0 Å². The molecule has 2 atom stereocenters. The Hall–Kier alpha value is -1.96. The van der Waals surface area contributed by atoms with Crippen LogP contribution in [-0.2, 0) is 5.41 Å². The number of phenols is 2. The van der Waals surface area contributed by atoms with Crippen molar-refractivity contribution in [3.63, 3.8) is 0 Å². The van der Waals surface area contributed by atoms with Crippen LogP contribution in [0.1, 0.15) is 60.3 Å². The van der Waals surface area contributed by atoms with Gasteiger partial charge in [0.1, 0.15) is 11.5 Å². The zero-order chi connectivity index (χ0) is 18.1. The molecule has 2 aromatic carbocycles. The molecule has 2 aromatic rings. The van der Waals surface area contributed by atoms with E-state index in [4.69, 9.17) is 0 Å². The number of benzene rings is 2. The van der Waals surface area contributed by atoms with Crippen LogP contribution in [0.25, 0.3) is 0 Å². The van der Waals surface area contributed by atoms with E-state index in [0.29, 0.717) is 22.8 Å². The Balaban J connectivity index is 1.52. The summed E-state index contributed by atoms with van der Waals surface area (Å²) in [5.74, 6) is 3.83. The average molecular weight is 348 g/mol. The lowest BCUT2D eigenvalue weighted by Crippen LogP contribution is -2.52. The number of hydrogen-bond acceptors (Lipinski definition) is 2. The third-order valence-electron chi connectivity index (χ3n) is 7.69. The van der Waals surface area contributed by atoms with Crippen molar-refractivity contribution in [3.05, 3.63) is 58.7 Å². The summed E-state index contributed by atoms with van der Waals surface area (Å²) in [6, 6.07) is 12.6. The first-order chi connectivity index (χ1) is 12.4. The summed E-state index contributed by atoms with van der Waals surface area (Å²) in [4.78, 5) is 0. The lowest BCUT2D eigenvalue weighted by molar-refractivity contribution is -0.0256. The van der Waals surface area contributed by atoms with Crippen LogP contribution in [0.5, 0.6) is 11.5 Å². The van der Waals surface area contributed by atoms with Crippen LogP contribution in [0.15, 0.2) is 36.4 Å². The summed E-state index contributed by atoms with van der Waals surface area (Å²) in [5.41, 5.74) is 5.21. The van der Waals surface area contributed by atoms with Crippen LogP contribution in [0.3, 0.4) is 0 Å². The lowest BCUT2D eigenvalue weighted by atomic mass is 9.44. The predicted octanol–water partition coefficient (Wildman–Crippen LogP) is 5.58. The predicted molar refractivity (Wildman–Crippen MR) is 104 cm³/mol. The average Bonchev–Trinajstić information content (AvgIpc) is 2.59. The molecule has 2 heteroatoms. The minimum atomic E-state index is 0.317. The second-order valence-electron chi connectivity index (χ2n) is 9.32. The summed E-state index contributed by atoms with van der Waals surface area (Å²) in [6.07, 6.45) is 6.59. The summed E-state index contributed by atoms with van der Waals surface area (Å²) in [7, 11) is 0. The van der Waals surface area contributed by atoms with Crippen LogP contribution in [0.4, 0.5) is 0 Å². The first-order valence-electron chi connectivity index (χ1n) is 10.0. The van der Waals surface area contributed by atoms with Crippen molar-refractivity contribution in [2.45, 2.75) is 57.3 Å². The maximum atomic E-state index is 9.94. The van der Waals surface area contributed by atoms with Crippen molar-refractivity contribution in [2.24, 2.45) is 17.8 Å². The highest BCUT2D eigenvalue weighted by molar-refractivity contribution is 5.42. The molecule has 2 unspecified atom stereocenters. The van der Waals surface area contributed by atoms with E-state index < -0.39 is 0 Å². The fraction of sp³-hybridized carbons (Fsp3) is 0.500. The van der Waals surface area contributed by atoms with Gasteiger partial charge >= 0.3 is 0 Å². The molecule has 4 fully saturated rings. The quantitative estimate of drug-likeness (QED) is 0.744. The van der Waals surface area contributed by atoms with E-state index >= 15 is 0 Å². The Morgan fingerprint density at radius 2 is 1.42 bits per heavy atom. The number of aryl methyl sites for hydroxylation is 2. The fourth-order valence-corrected chi connectivity index (χ4v) is 6.79. The summed E-state index contributed by atoms with van der Waals surface area (Å²) in [5, 5.41) is 19.9. The molecule has 0 amide bonds. The Morgan fingerprint density at radius 1 is 0.808 bits per heavy atom. The Kier molecular flexibility index (Phi) is 3.44. The van der Waals surface area contributed by atoms with Gasteiger partial charge in [-0.1, -0.05) is 24.3 Å². The normalized spacial score (nSPS) is 35.0. The summed E-state index contributed by atoms with van der Waals surface area (Å²) in [6.45, 7) is 4.02. The monoisotopic (exact) mass is 348 g/mol. The minimum absolute atomic E-state index is 0.317. The van der Waals surface area contributed by atoms with Crippen LogP contribution >= 0.6 is 0 Å². The first kappa shape index (κ1) is 16.2. The van der Waals surface area contributed by atoms with Crippen molar-refractivity contribution in [2.75, 3.05) is 0 Å². The van der Waals surface area contributed by atoms with Crippen LogP contribution in [-0.4, -0.2) is 10.2 Å². The minimum Gasteiger partial charge on any atom is -0.508 e. The summed E-state index contributed by atoms with van der Waals surface area (Å²) < 4.78 is 0. The molecule has 0 aliphatic heterocycles. The second kappa shape index (κ2) is 5.52. The molecular weight excluding hydrogens is 320 g/mol. The molecule has 0 saturated heterocycles. The lowest BCUT2D eigenvalue weighted by Gasteiger charge is -2.60. The third-order valence-corrected chi connectivity index (χ3v) is 7.69. The van der Waals surface area contributed by atoms with Crippen molar-refractivity contribution in [1.82, 2.24) is 0 Å². The first-order valence-corrected chi connectivity index (χ1v) is 10.0. The van der Waals surface area contributed by atoms with Gasteiger partial charge in [0, 0.05) is 0 Å². The van der Waals surface area contributed by atoms with Gasteiger partial charge < -0.3 is 10.2 Å².